The number of fused-ring (bicyclic) bond motifs is 1. The van der Waals surface area contributed by atoms with Crippen molar-refractivity contribution in [2.75, 3.05) is 0 Å². The molecule has 0 radical (unpaired) electrons. The molecule has 0 bridgehead atoms. The Bertz CT molecular complexity index is 906. The van der Waals surface area contributed by atoms with Crippen molar-refractivity contribution in [3.05, 3.63) is 64.7 Å². The number of nitrogens with zero attached hydrogens (tertiary/aromatic N) is 1. The van der Waals surface area contributed by atoms with E-state index in [-0.39, 0.29) is 11.4 Å². The van der Waals surface area contributed by atoms with E-state index in [2.05, 4.69) is 0 Å². The van der Waals surface area contributed by atoms with E-state index in [4.69, 9.17) is 5.73 Å². The Labute approximate surface area is 142 Å². The number of hydrogen-bond donors (Lipinski definition) is 1. The molecule has 0 saturated heterocycles. The summed E-state index contributed by atoms with van der Waals surface area (Å²) in [7, 11) is -3.81. The van der Waals surface area contributed by atoms with Crippen molar-refractivity contribution in [2.24, 2.45) is 5.73 Å². The van der Waals surface area contributed by atoms with E-state index in [9.17, 15) is 13.2 Å². The normalized spacial score (nSPS) is 18.2. The Morgan fingerprint density at radius 3 is 2.42 bits per heavy atom. The van der Waals surface area contributed by atoms with Gasteiger partial charge in [0.2, 0.25) is 15.9 Å². The molecule has 0 saturated carbocycles. The predicted molar refractivity (Wildman–Crippen MR) is 91.8 cm³/mol. The van der Waals surface area contributed by atoms with Crippen molar-refractivity contribution in [1.29, 1.82) is 0 Å². The lowest BCUT2D eigenvalue weighted by Gasteiger charge is -2.34. The zero-order valence-corrected chi connectivity index (χ0v) is 14.5. The number of amides is 1. The van der Waals surface area contributed by atoms with Crippen LogP contribution in [0.4, 0.5) is 0 Å². The molecule has 0 unspecified atom stereocenters. The first-order chi connectivity index (χ1) is 11.3. The third-order valence-corrected chi connectivity index (χ3v) is 6.47. The first-order valence-corrected chi connectivity index (χ1v) is 9.20. The smallest absolute Gasteiger partial charge is 0.244 e. The van der Waals surface area contributed by atoms with E-state index in [1.807, 2.05) is 37.3 Å². The SMILES string of the molecule is Cc1ccc(S(=O)(=O)N2Cc3ccccc3C[C@H]2C(N)=O)c(C)c1. The van der Waals surface area contributed by atoms with Gasteiger partial charge >= 0.3 is 0 Å². The van der Waals surface area contributed by atoms with Crippen molar-refractivity contribution in [2.45, 2.75) is 37.8 Å². The van der Waals surface area contributed by atoms with Crippen LogP contribution >= 0.6 is 0 Å². The van der Waals surface area contributed by atoms with Gasteiger partial charge in [0.25, 0.3) is 0 Å². The molecule has 1 heterocycles. The summed E-state index contributed by atoms with van der Waals surface area (Å²) in [5, 5.41) is 0. The van der Waals surface area contributed by atoms with Crippen molar-refractivity contribution >= 4 is 15.9 Å². The fraction of sp³-hybridized carbons (Fsp3) is 0.278. The van der Waals surface area contributed by atoms with Crippen LogP contribution in [-0.2, 0) is 27.8 Å². The van der Waals surface area contributed by atoms with Crippen LogP contribution in [0.25, 0.3) is 0 Å². The van der Waals surface area contributed by atoms with Crippen LogP contribution in [0.15, 0.2) is 47.4 Å². The number of primary amides is 1. The quantitative estimate of drug-likeness (QED) is 0.923. The second-order valence-corrected chi connectivity index (χ2v) is 8.07. The molecule has 2 aromatic carbocycles. The molecule has 0 aromatic heterocycles. The zero-order valence-electron chi connectivity index (χ0n) is 13.7. The maximum absolute atomic E-state index is 13.2. The summed E-state index contributed by atoms with van der Waals surface area (Å²) < 4.78 is 27.6. The minimum Gasteiger partial charge on any atom is -0.368 e. The summed E-state index contributed by atoms with van der Waals surface area (Å²) in [5.41, 5.74) is 9.03. The predicted octanol–water partition coefficient (Wildman–Crippen LogP) is 1.90. The van der Waals surface area contributed by atoms with E-state index < -0.39 is 22.0 Å². The van der Waals surface area contributed by atoms with E-state index >= 15 is 0 Å². The average Bonchev–Trinajstić information content (AvgIpc) is 2.53. The highest BCUT2D eigenvalue weighted by Gasteiger charge is 2.39. The molecule has 0 fully saturated rings. The summed E-state index contributed by atoms with van der Waals surface area (Å²) in [6, 6.07) is 11.9. The van der Waals surface area contributed by atoms with Gasteiger partial charge < -0.3 is 5.73 Å². The second kappa shape index (κ2) is 6.03. The number of nitrogens with two attached hydrogens (primary N) is 1. The minimum absolute atomic E-state index is 0.152. The van der Waals surface area contributed by atoms with Crippen molar-refractivity contribution in [3.8, 4) is 0 Å². The topological polar surface area (TPSA) is 80.5 Å². The highest BCUT2D eigenvalue weighted by atomic mass is 32.2. The Balaban J connectivity index is 2.10. The van der Waals surface area contributed by atoms with E-state index in [0.29, 0.717) is 12.0 Å². The molecule has 2 aromatic rings. The summed E-state index contributed by atoms with van der Waals surface area (Å²) in [6.45, 7) is 3.82. The summed E-state index contributed by atoms with van der Waals surface area (Å²) in [6.07, 6.45) is 0.301. The molecule has 0 spiro atoms. The van der Waals surface area contributed by atoms with Crippen LogP contribution in [0.3, 0.4) is 0 Å². The number of sulfonamides is 1. The number of aryl methyl sites for hydroxylation is 2. The Hall–Kier alpha value is -2.18. The van der Waals surface area contributed by atoms with Crippen molar-refractivity contribution in [3.63, 3.8) is 0 Å². The minimum atomic E-state index is -3.81. The van der Waals surface area contributed by atoms with Gasteiger partial charge in [-0.15, -0.1) is 0 Å². The van der Waals surface area contributed by atoms with Crippen molar-refractivity contribution < 1.29 is 13.2 Å². The maximum atomic E-state index is 13.2. The molecule has 24 heavy (non-hydrogen) atoms. The number of hydrogen-bond acceptors (Lipinski definition) is 3. The molecule has 6 heteroatoms. The monoisotopic (exact) mass is 344 g/mol. The molecule has 1 atom stereocenters. The second-order valence-electron chi connectivity index (χ2n) is 6.21. The van der Waals surface area contributed by atoms with Crippen LogP contribution in [0.1, 0.15) is 22.3 Å². The number of carbonyl (C=O) groups excluding carboxylic acids is 1. The number of carbonyl (C=O) groups is 1. The van der Waals surface area contributed by atoms with Gasteiger partial charge in [0.05, 0.1) is 4.90 Å². The Kier molecular flexibility index (Phi) is 4.19. The van der Waals surface area contributed by atoms with Crippen LogP contribution in [-0.4, -0.2) is 24.7 Å². The summed E-state index contributed by atoms with van der Waals surface area (Å²) in [5.74, 6) is -0.627. The van der Waals surface area contributed by atoms with Crippen LogP contribution in [0.5, 0.6) is 0 Å². The largest absolute Gasteiger partial charge is 0.368 e. The van der Waals surface area contributed by atoms with Gasteiger partial charge in [0.1, 0.15) is 6.04 Å². The summed E-state index contributed by atoms with van der Waals surface area (Å²) >= 11 is 0. The summed E-state index contributed by atoms with van der Waals surface area (Å²) in [4.78, 5) is 12.1. The number of benzene rings is 2. The van der Waals surface area contributed by atoms with Gasteiger partial charge in [-0.2, -0.15) is 4.31 Å². The molecule has 1 amide bonds. The van der Waals surface area contributed by atoms with E-state index in [0.717, 1.165) is 16.7 Å². The van der Waals surface area contributed by atoms with Crippen LogP contribution < -0.4 is 5.73 Å². The fourth-order valence-corrected chi connectivity index (χ4v) is 4.99. The third kappa shape index (κ3) is 2.83. The van der Waals surface area contributed by atoms with Gasteiger partial charge in [-0.3, -0.25) is 4.79 Å². The van der Waals surface area contributed by atoms with Gasteiger partial charge in [0, 0.05) is 6.54 Å². The first kappa shape index (κ1) is 16.7. The van der Waals surface area contributed by atoms with Gasteiger partial charge in [-0.1, -0.05) is 42.0 Å². The lowest BCUT2D eigenvalue weighted by atomic mass is 9.96. The van der Waals surface area contributed by atoms with Crippen LogP contribution in [0, 0.1) is 13.8 Å². The Morgan fingerprint density at radius 2 is 1.79 bits per heavy atom. The molecular weight excluding hydrogens is 324 g/mol. The molecule has 1 aliphatic heterocycles. The Morgan fingerprint density at radius 1 is 1.12 bits per heavy atom. The molecule has 126 valence electrons. The standard InChI is InChI=1S/C18H20N2O3S/c1-12-7-8-17(13(2)9-12)24(22,23)20-11-15-6-4-3-5-14(15)10-16(20)18(19)21/h3-9,16H,10-11H2,1-2H3,(H2,19,21)/t16-/m0/s1. The molecule has 5 nitrogen and oxygen atoms in total. The van der Waals surface area contributed by atoms with Gasteiger partial charge in [0.15, 0.2) is 0 Å². The van der Waals surface area contributed by atoms with Gasteiger partial charge in [-0.25, -0.2) is 8.42 Å². The fourth-order valence-electron chi connectivity index (χ4n) is 3.21. The third-order valence-electron chi connectivity index (χ3n) is 4.45. The van der Waals surface area contributed by atoms with E-state index in [1.54, 1.807) is 19.1 Å². The number of rotatable bonds is 3. The maximum Gasteiger partial charge on any atom is 0.244 e. The van der Waals surface area contributed by atoms with E-state index in [1.165, 1.54) is 4.31 Å². The molecule has 0 aliphatic carbocycles. The highest BCUT2D eigenvalue weighted by Crippen LogP contribution is 2.30. The van der Waals surface area contributed by atoms with Crippen molar-refractivity contribution in [1.82, 2.24) is 4.31 Å². The molecule has 3 rings (SSSR count). The lowest BCUT2D eigenvalue weighted by molar-refractivity contribution is -0.122. The van der Waals surface area contributed by atoms with Crippen LogP contribution in [0.2, 0.25) is 0 Å². The first-order valence-electron chi connectivity index (χ1n) is 7.76. The van der Waals surface area contributed by atoms with Gasteiger partial charge in [-0.05, 0) is 43.0 Å². The molecular formula is C18H20N2O3S. The lowest BCUT2D eigenvalue weighted by Crippen LogP contribution is -2.51. The molecule has 1 aliphatic rings. The average molecular weight is 344 g/mol. The molecule has 2 N–H and O–H groups in total. The highest BCUT2D eigenvalue weighted by molar-refractivity contribution is 7.89. The zero-order chi connectivity index (χ0) is 17.5.